The van der Waals surface area contributed by atoms with Gasteiger partial charge in [0.1, 0.15) is 6.04 Å². The summed E-state index contributed by atoms with van der Waals surface area (Å²) in [5.74, 6) is -0.339. The normalized spacial score (nSPS) is 20.4. The Balaban J connectivity index is 2.56. The van der Waals surface area contributed by atoms with E-state index in [-0.39, 0.29) is 17.9 Å². The van der Waals surface area contributed by atoms with Crippen molar-refractivity contribution in [1.82, 2.24) is 4.90 Å². The molecule has 1 amide bonds. The lowest BCUT2D eigenvalue weighted by Crippen LogP contribution is -2.42. The molecule has 1 unspecified atom stereocenters. The third-order valence-corrected chi connectivity index (χ3v) is 2.49. The van der Waals surface area contributed by atoms with Crippen molar-refractivity contribution in [3.05, 3.63) is 0 Å². The van der Waals surface area contributed by atoms with Gasteiger partial charge in [-0.2, -0.15) is 0 Å². The van der Waals surface area contributed by atoms with Gasteiger partial charge in [0.25, 0.3) is 0 Å². The first-order valence-electron chi connectivity index (χ1n) is 5.36. The van der Waals surface area contributed by atoms with Gasteiger partial charge in [-0.3, -0.25) is 4.79 Å². The average Bonchev–Trinajstić information content (AvgIpc) is 2.66. The molecule has 1 aliphatic heterocycles. The van der Waals surface area contributed by atoms with Crippen LogP contribution in [0.3, 0.4) is 0 Å². The fourth-order valence-corrected chi connectivity index (χ4v) is 1.82. The van der Waals surface area contributed by atoms with Gasteiger partial charge < -0.3 is 15.4 Å². The minimum atomic E-state index is -0.385. The Hall–Kier alpha value is -1.10. The van der Waals surface area contributed by atoms with Gasteiger partial charge in [0.05, 0.1) is 6.61 Å². The fourth-order valence-electron chi connectivity index (χ4n) is 1.82. The maximum atomic E-state index is 11.6. The number of hydrogen-bond donors (Lipinski definition) is 1. The molecule has 0 spiro atoms. The highest BCUT2D eigenvalue weighted by molar-refractivity contribution is 5.85. The van der Waals surface area contributed by atoms with E-state index in [2.05, 4.69) is 0 Å². The van der Waals surface area contributed by atoms with Crippen LogP contribution >= 0.6 is 0 Å². The number of hydrogen-bond acceptors (Lipinski definition) is 4. The van der Waals surface area contributed by atoms with Crippen LogP contribution in [-0.2, 0) is 14.3 Å². The summed E-state index contributed by atoms with van der Waals surface area (Å²) in [6.07, 6.45) is 1.87. The van der Waals surface area contributed by atoms with Gasteiger partial charge in [0, 0.05) is 19.5 Å². The van der Waals surface area contributed by atoms with Crippen LogP contribution in [0, 0.1) is 0 Å². The van der Waals surface area contributed by atoms with E-state index in [0.29, 0.717) is 32.5 Å². The molecular formula is C10H18N2O3. The monoisotopic (exact) mass is 214 g/mol. The molecule has 1 rings (SSSR count). The van der Waals surface area contributed by atoms with E-state index in [1.54, 1.807) is 11.8 Å². The Labute approximate surface area is 89.6 Å². The van der Waals surface area contributed by atoms with E-state index in [4.69, 9.17) is 10.5 Å². The third kappa shape index (κ3) is 2.92. The lowest BCUT2D eigenvalue weighted by atomic mass is 10.2. The minimum absolute atomic E-state index is 0.0481. The third-order valence-electron chi connectivity index (χ3n) is 2.49. The van der Waals surface area contributed by atoms with Crippen LogP contribution < -0.4 is 5.73 Å². The SMILES string of the molecule is CCOC(=O)C1CCCN1C(=O)CCN. The van der Waals surface area contributed by atoms with Crippen LogP contribution in [0.1, 0.15) is 26.2 Å². The van der Waals surface area contributed by atoms with Crippen molar-refractivity contribution in [1.29, 1.82) is 0 Å². The molecule has 5 heteroatoms. The molecule has 86 valence electrons. The quantitative estimate of drug-likeness (QED) is 0.663. The lowest BCUT2D eigenvalue weighted by molar-refractivity contribution is -0.152. The number of carbonyl (C=O) groups excluding carboxylic acids is 2. The number of likely N-dealkylation sites (tertiary alicyclic amines) is 1. The van der Waals surface area contributed by atoms with E-state index in [0.717, 1.165) is 6.42 Å². The molecule has 15 heavy (non-hydrogen) atoms. The summed E-state index contributed by atoms with van der Waals surface area (Å²) in [7, 11) is 0. The van der Waals surface area contributed by atoms with Crippen LogP contribution in [-0.4, -0.2) is 42.5 Å². The van der Waals surface area contributed by atoms with Gasteiger partial charge in [-0.05, 0) is 19.8 Å². The largest absolute Gasteiger partial charge is 0.464 e. The first-order valence-corrected chi connectivity index (χ1v) is 5.36. The lowest BCUT2D eigenvalue weighted by Gasteiger charge is -2.22. The van der Waals surface area contributed by atoms with Crippen molar-refractivity contribution in [2.45, 2.75) is 32.2 Å². The van der Waals surface area contributed by atoms with Gasteiger partial charge in [0.2, 0.25) is 5.91 Å². The fraction of sp³-hybridized carbons (Fsp3) is 0.800. The van der Waals surface area contributed by atoms with Crippen molar-refractivity contribution in [3.63, 3.8) is 0 Å². The Morgan fingerprint density at radius 2 is 2.27 bits per heavy atom. The highest BCUT2D eigenvalue weighted by atomic mass is 16.5. The number of rotatable bonds is 4. The number of esters is 1. The van der Waals surface area contributed by atoms with E-state index in [1.165, 1.54) is 0 Å². The summed E-state index contributed by atoms with van der Waals surface area (Å²) in [4.78, 5) is 24.7. The second kappa shape index (κ2) is 5.70. The standard InChI is InChI=1S/C10H18N2O3/c1-2-15-10(14)8-4-3-7-12(8)9(13)5-6-11/h8H,2-7,11H2,1H3. The van der Waals surface area contributed by atoms with Crippen molar-refractivity contribution < 1.29 is 14.3 Å². The molecule has 0 bridgehead atoms. The summed E-state index contributed by atoms with van der Waals surface area (Å²) in [6, 6.07) is -0.385. The molecule has 0 saturated carbocycles. The molecule has 1 fully saturated rings. The highest BCUT2D eigenvalue weighted by Gasteiger charge is 2.34. The predicted octanol–water partition coefficient (Wildman–Crippen LogP) is -0.111. The van der Waals surface area contributed by atoms with E-state index >= 15 is 0 Å². The number of nitrogens with two attached hydrogens (primary N) is 1. The Morgan fingerprint density at radius 1 is 1.53 bits per heavy atom. The Kier molecular flexibility index (Phi) is 4.55. The number of carbonyl (C=O) groups is 2. The molecule has 1 saturated heterocycles. The van der Waals surface area contributed by atoms with Crippen molar-refractivity contribution >= 4 is 11.9 Å². The van der Waals surface area contributed by atoms with Crippen LogP contribution in [0.15, 0.2) is 0 Å². The smallest absolute Gasteiger partial charge is 0.328 e. The minimum Gasteiger partial charge on any atom is -0.464 e. The van der Waals surface area contributed by atoms with Gasteiger partial charge >= 0.3 is 5.97 Å². The molecule has 0 radical (unpaired) electrons. The molecule has 0 aromatic rings. The molecule has 1 atom stereocenters. The van der Waals surface area contributed by atoms with Crippen LogP contribution in [0.4, 0.5) is 0 Å². The van der Waals surface area contributed by atoms with Crippen molar-refractivity contribution in [2.24, 2.45) is 5.73 Å². The molecule has 0 aromatic heterocycles. The number of ether oxygens (including phenoxy) is 1. The zero-order chi connectivity index (χ0) is 11.3. The van der Waals surface area contributed by atoms with E-state index in [1.807, 2.05) is 0 Å². The maximum absolute atomic E-state index is 11.6. The van der Waals surface area contributed by atoms with E-state index in [9.17, 15) is 9.59 Å². The Morgan fingerprint density at radius 3 is 2.87 bits per heavy atom. The first-order chi connectivity index (χ1) is 7.20. The number of amides is 1. The summed E-state index contributed by atoms with van der Waals surface area (Å²) in [6.45, 7) is 3.08. The van der Waals surface area contributed by atoms with Gasteiger partial charge in [-0.1, -0.05) is 0 Å². The van der Waals surface area contributed by atoms with Crippen molar-refractivity contribution in [3.8, 4) is 0 Å². The predicted molar refractivity (Wildman–Crippen MR) is 55.0 cm³/mol. The molecule has 2 N–H and O–H groups in total. The topological polar surface area (TPSA) is 72.6 Å². The summed E-state index contributed by atoms with van der Waals surface area (Å²) in [5, 5.41) is 0. The maximum Gasteiger partial charge on any atom is 0.328 e. The van der Waals surface area contributed by atoms with Gasteiger partial charge in [-0.25, -0.2) is 4.79 Å². The highest BCUT2D eigenvalue weighted by Crippen LogP contribution is 2.19. The first kappa shape index (κ1) is 12.0. The van der Waals surface area contributed by atoms with Gasteiger partial charge in [0.15, 0.2) is 0 Å². The zero-order valence-electron chi connectivity index (χ0n) is 9.07. The van der Waals surface area contributed by atoms with E-state index < -0.39 is 0 Å². The molecule has 0 aliphatic carbocycles. The summed E-state index contributed by atoms with van der Waals surface area (Å²) < 4.78 is 4.92. The molecule has 1 aliphatic rings. The van der Waals surface area contributed by atoms with Gasteiger partial charge in [-0.15, -0.1) is 0 Å². The van der Waals surface area contributed by atoms with Crippen LogP contribution in [0.25, 0.3) is 0 Å². The summed E-state index contributed by atoms with van der Waals surface area (Å²) in [5.41, 5.74) is 5.31. The molecule has 1 heterocycles. The Bertz CT molecular complexity index is 219. The van der Waals surface area contributed by atoms with Crippen molar-refractivity contribution in [2.75, 3.05) is 19.7 Å². The average molecular weight is 214 g/mol. The summed E-state index contributed by atoms with van der Waals surface area (Å²) >= 11 is 0. The van der Waals surface area contributed by atoms with Crippen LogP contribution in [0.2, 0.25) is 0 Å². The van der Waals surface area contributed by atoms with Crippen LogP contribution in [0.5, 0.6) is 0 Å². The second-order valence-corrected chi connectivity index (χ2v) is 3.54. The second-order valence-electron chi connectivity index (χ2n) is 3.54. The zero-order valence-corrected chi connectivity index (χ0v) is 9.07. The molecular weight excluding hydrogens is 196 g/mol. The molecule has 0 aromatic carbocycles. The number of nitrogens with zero attached hydrogens (tertiary/aromatic N) is 1. The molecule has 5 nitrogen and oxygen atoms in total.